The van der Waals surface area contributed by atoms with Gasteiger partial charge in [0.25, 0.3) is 11.7 Å². The molecule has 1 aliphatic rings. The van der Waals surface area contributed by atoms with E-state index in [0.29, 0.717) is 11.4 Å². The molecule has 11 heteroatoms. The van der Waals surface area contributed by atoms with Gasteiger partial charge in [-0.3, -0.25) is 15.6 Å². The predicted molar refractivity (Wildman–Crippen MR) is 120 cm³/mol. The first-order valence-corrected chi connectivity index (χ1v) is 10.1. The number of anilines is 1. The van der Waals surface area contributed by atoms with E-state index in [-0.39, 0.29) is 22.9 Å². The molecule has 0 spiro atoms. The number of para-hydroxylation sites is 1. The van der Waals surface area contributed by atoms with Gasteiger partial charge in [-0.15, -0.1) is 0 Å². The highest BCUT2D eigenvalue weighted by atomic mass is 16.7. The monoisotopic (exact) mass is 471 g/mol. The quantitative estimate of drug-likeness (QED) is 0.227. The third-order valence-electron chi connectivity index (χ3n) is 4.61. The third kappa shape index (κ3) is 5.31. The maximum absolute atomic E-state index is 12.9. The van der Waals surface area contributed by atoms with E-state index in [2.05, 4.69) is 16.2 Å². The number of nitrogens with one attached hydrogen (secondary N) is 3. The average molecular weight is 471 g/mol. The summed E-state index contributed by atoms with van der Waals surface area (Å²) in [7, 11) is 4.29. The number of amides is 1. The molecule has 1 aliphatic heterocycles. The van der Waals surface area contributed by atoms with E-state index >= 15 is 0 Å². The molecule has 180 valence electrons. The van der Waals surface area contributed by atoms with Crippen LogP contribution in [0.25, 0.3) is 0 Å². The van der Waals surface area contributed by atoms with Crippen LogP contribution < -0.4 is 30.4 Å². The van der Waals surface area contributed by atoms with Gasteiger partial charge in [0.2, 0.25) is 5.75 Å². The minimum Gasteiger partial charge on any atom is -0.493 e. The van der Waals surface area contributed by atoms with Crippen molar-refractivity contribution in [2.75, 3.05) is 26.6 Å². The maximum atomic E-state index is 12.9. The number of methoxy groups -OCH3 is 3. The molecule has 0 radical (unpaired) electrons. The molecule has 2 aromatic rings. The lowest BCUT2D eigenvalue weighted by Gasteiger charge is -2.31. The van der Waals surface area contributed by atoms with Crippen molar-refractivity contribution in [3.05, 3.63) is 59.4 Å². The Kier molecular flexibility index (Phi) is 7.15. The van der Waals surface area contributed by atoms with Crippen molar-refractivity contribution in [3.63, 3.8) is 0 Å². The first-order chi connectivity index (χ1) is 16.2. The van der Waals surface area contributed by atoms with Crippen LogP contribution in [0.3, 0.4) is 0 Å². The summed E-state index contributed by atoms with van der Waals surface area (Å²) in [5.74, 6) is -3.16. The number of rotatable bonds is 8. The Balaban J connectivity index is 1.92. The van der Waals surface area contributed by atoms with Gasteiger partial charge in [0.05, 0.1) is 21.3 Å². The van der Waals surface area contributed by atoms with Crippen LogP contribution in [0.15, 0.2) is 53.9 Å². The van der Waals surface area contributed by atoms with E-state index in [1.807, 2.05) is 0 Å². The van der Waals surface area contributed by atoms with Crippen LogP contribution in [0.2, 0.25) is 0 Å². The van der Waals surface area contributed by atoms with Crippen molar-refractivity contribution in [3.8, 4) is 17.2 Å². The molecule has 0 saturated carbocycles. The minimum absolute atomic E-state index is 0.141. The zero-order chi connectivity index (χ0) is 24.9. The van der Waals surface area contributed by atoms with Crippen molar-refractivity contribution in [1.29, 1.82) is 0 Å². The molecule has 1 amide bonds. The number of ether oxygens (including phenoxy) is 5. The molecule has 0 bridgehead atoms. The van der Waals surface area contributed by atoms with E-state index in [1.54, 1.807) is 30.3 Å². The number of hydrogen-bond acceptors (Lipinski definition) is 10. The number of carbonyl (C=O) groups excluding carboxylic acids is 3. The van der Waals surface area contributed by atoms with Gasteiger partial charge in [0.15, 0.2) is 17.1 Å². The van der Waals surface area contributed by atoms with Gasteiger partial charge in [-0.2, -0.15) is 0 Å². The van der Waals surface area contributed by atoms with Crippen LogP contribution in [0.1, 0.15) is 24.2 Å². The van der Waals surface area contributed by atoms with Crippen LogP contribution >= 0.6 is 0 Å². The number of benzene rings is 2. The summed E-state index contributed by atoms with van der Waals surface area (Å²) in [6.45, 7) is 2.87. The van der Waals surface area contributed by atoms with E-state index in [1.165, 1.54) is 47.3 Å². The van der Waals surface area contributed by atoms with Crippen LogP contribution in [-0.2, 0) is 19.1 Å². The highest BCUT2D eigenvalue weighted by Gasteiger charge is 2.41. The van der Waals surface area contributed by atoms with Crippen LogP contribution in [0, 0.1) is 0 Å². The maximum Gasteiger partial charge on any atom is 0.352 e. The number of esters is 2. The molecule has 0 aromatic heterocycles. The second kappa shape index (κ2) is 10.0. The highest BCUT2D eigenvalue weighted by molar-refractivity contribution is 6.16. The lowest BCUT2D eigenvalue weighted by molar-refractivity contribution is -0.222. The third-order valence-corrected chi connectivity index (χ3v) is 4.61. The number of hydrazine groups is 1. The fourth-order valence-electron chi connectivity index (χ4n) is 3.08. The lowest BCUT2D eigenvalue weighted by Crippen LogP contribution is -2.46. The standard InChI is InChI=1S/C23H25N3O8/c1-23(2)33-21(28)17(22(29)34-23)19(24-14-9-7-6-8-10-14)25-26-20(27)13-11-15(30-3)18(32-5)16(12-13)31-4/h6-12,24-25H,1-5H3,(H,26,27). The van der Waals surface area contributed by atoms with Crippen LogP contribution in [-0.4, -0.2) is 45.0 Å². The molecule has 0 unspecified atom stereocenters. The molecular formula is C23H25N3O8. The molecule has 2 aromatic carbocycles. The largest absolute Gasteiger partial charge is 0.493 e. The molecule has 1 heterocycles. The van der Waals surface area contributed by atoms with Crippen molar-refractivity contribution < 1.29 is 38.1 Å². The minimum atomic E-state index is -1.42. The van der Waals surface area contributed by atoms with Gasteiger partial charge in [0.1, 0.15) is 5.82 Å². The zero-order valence-electron chi connectivity index (χ0n) is 19.3. The van der Waals surface area contributed by atoms with Gasteiger partial charge >= 0.3 is 11.9 Å². The highest BCUT2D eigenvalue weighted by Crippen LogP contribution is 2.38. The number of cyclic esters (lactones) is 2. The summed E-state index contributed by atoms with van der Waals surface area (Å²) in [4.78, 5) is 38.0. The Bertz CT molecular complexity index is 1080. The molecule has 1 saturated heterocycles. The Labute approximate surface area is 195 Å². The van der Waals surface area contributed by atoms with Crippen molar-refractivity contribution in [1.82, 2.24) is 10.9 Å². The Morgan fingerprint density at radius 1 is 0.853 bits per heavy atom. The van der Waals surface area contributed by atoms with Crippen LogP contribution in [0.5, 0.6) is 17.2 Å². The van der Waals surface area contributed by atoms with E-state index in [0.717, 1.165) is 0 Å². The average Bonchev–Trinajstić information content (AvgIpc) is 2.80. The summed E-state index contributed by atoms with van der Waals surface area (Å²) in [5, 5.41) is 2.89. The summed E-state index contributed by atoms with van der Waals surface area (Å²) in [6.07, 6.45) is 0. The van der Waals surface area contributed by atoms with Gasteiger partial charge in [0, 0.05) is 25.1 Å². The number of hydrogen-bond donors (Lipinski definition) is 3. The second-order valence-electron chi connectivity index (χ2n) is 7.41. The summed E-state index contributed by atoms with van der Waals surface area (Å²) < 4.78 is 26.1. The second-order valence-corrected chi connectivity index (χ2v) is 7.41. The zero-order valence-corrected chi connectivity index (χ0v) is 19.3. The number of carbonyl (C=O) groups is 3. The molecule has 1 fully saturated rings. The van der Waals surface area contributed by atoms with Gasteiger partial charge < -0.3 is 29.0 Å². The van der Waals surface area contributed by atoms with Crippen molar-refractivity contribution >= 4 is 23.5 Å². The van der Waals surface area contributed by atoms with E-state index in [4.69, 9.17) is 23.7 Å². The topological polar surface area (TPSA) is 133 Å². The first kappa shape index (κ1) is 24.2. The van der Waals surface area contributed by atoms with Gasteiger partial charge in [-0.05, 0) is 24.3 Å². The first-order valence-electron chi connectivity index (χ1n) is 10.1. The van der Waals surface area contributed by atoms with E-state index < -0.39 is 29.2 Å². The molecule has 3 N–H and O–H groups in total. The molecular weight excluding hydrogens is 446 g/mol. The molecule has 0 aliphatic carbocycles. The van der Waals surface area contributed by atoms with Crippen molar-refractivity contribution in [2.45, 2.75) is 19.6 Å². The fourth-order valence-corrected chi connectivity index (χ4v) is 3.08. The summed E-state index contributed by atoms with van der Waals surface area (Å²) in [6, 6.07) is 11.6. The smallest absolute Gasteiger partial charge is 0.352 e. The fraction of sp³-hybridized carbons (Fsp3) is 0.261. The summed E-state index contributed by atoms with van der Waals surface area (Å²) >= 11 is 0. The molecule has 0 atom stereocenters. The van der Waals surface area contributed by atoms with Gasteiger partial charge in [-0.1, -0.05) is 18.2 Å². The molecule has 3 rings (SSSR count). The molecule has 11 nitrogen and oxygen atoms in total. The Hall–Kier alpha value is -4.41. The Morgan fingerprint density at radius 3 is 1.91 bits per heavy atom. The summed E-state index contributed by atoms with van der Waals surface area (Å²) in [5.41, 5.74) is 5.26. The Morgan fingerprint density at radius 2 is 1.41 bits per heavy atom. The molecule has 34 heavy (non-hydrogen) atoms. The van der Waals surface area contributed by atoms with E-state index in [9.17, 15) is 14.4 Å². The lowest BCUT2D eigenvalue weighted by atomic mass is 10.1. The van der Waals surface area contributed by atoms with Gasteiger partial charge in [-0.25, -0.2) is 9.59 Å². The van der Waals surface area contributed by atoms with Crippen LogP contribution in [0.4, 0.5) is 5.69 Å². The SMILES string of the molecule is COc1cc(C(=O)NNC(Nc2ccccc2)=C2C(=O)OC(C)(C)OC2=O)cc(OC)c1OC. The predicted octanol–water partition coefficient (Wildman–Crippen LogP) is 2.11. The normalized spacial score (nSPS) is 14.3. The van der Waals surface area contributed by atoms with Crippen molar-refractivity contribution in [2.24, 2.45) is 0 Å².